The molecule has 0 aliphatic carbocycles. The van der Waals surface area contributed by atoms with E-state index < -0.39 is 41.3 Å². The number of hydrogen-bond donors (Lipinski definition) is 1. The maximum Gasteiger partial charge on any atom is 0.418 e. The van der Waals surface area contributed by atoms with Gasteiger partial charge in [-0.25, -0.2) is 13.2 Å². The topological polar surface area (TPSA) is 33.1 Å². The largest absolute Gasteiger partial charge is 0.418 e. The summed E-state index contributed by atoms with van der Waals surface area (Å²) in [5, 5.41) is 7.61. The normalized spacial score (nSPS) is 15.1. The maximum atomic E-state index is 14.5. The Balaban J connectivity index is 1.59. The van der Waals surface area contributed by atoms with Gasteiger partial charge >= 0.3 is 6.18 Å². The number of piperidine rings is 1. The molecule has 3 aromatic carbocycles. The fourth-order valence-electron chi connectivity index (χ4n) is 4.93. The average Bonchev–Trinajstić information content (AvgIpc) is 3.24. The van der Waals surface area contributed by atoms with E-state index in [1.54, 1.807) is 12.1 Å². The van der Waals surface area contributed by atoms with E-state index in [1.807, 2.05) is 19.2 Å². The molecular weight excluding hydrogens is 494 g/mol. The minimum absolute atomic E-state index is 0.195. The van der Waals surface area contributed by atoms with Crippen LogP contribution in [0.4, 0.5) is 32.0 Å². The number of alkyl halides is 3. The van der Waals surface area contributed by atoms with Crippen LogP contribution in [0, 0.1) is 17.5 Å². The summed E-state index contributed by atoms with van der Waals surface area (Å²) in [6.07, 6.45) is -2.69. The summed E-state index contributed by atoms with van der Waals surface area (Å²) in [5.41, 5.74) is 0.0248. The van der Waals surface area contributed by atoms with E-state index >= 15 is 0 Å². The molecule has 1 fully saturated rings. The second-order valence-electron chi connectivity index (χ2n) is 9.15. The van der Waals surface area contributed by atoms with E-state index in [9.17, 15) is 26.3 Å². The van der Waals surface area contributed by atoms with Gasteiger partial charge in [-0.3, -0.25) is 4.68 Å². The van der Waals surface area contributed by atoms with Crippen LogP contribution < -0.4 is 10.2 Å². The molecule has 0 bridgehead atoms. The first-order chi connectivity index (χ1) is 17.7. The minimum atomic E-state index is -4.67. The van der Waals surface area contributed by atoms with Crippen molar-refractivity contribution >= 4 is 16.6 Å². The summed E-state index contributed by atoms with van der Waals surface area (Å²) >= 11 is 0. The van der Waals surface area contributed by atoms with E-state index in [2.05, 4.69) is 15.3 Å². The average molecular weight is 519 g/mol. The van der Waals surface area contributed by atoms with E-state index in [-0.39, 0.29) is 16.6 Å². The van der Waals surface area contributed by atoms with E-state index in [4.69, 9.17) is 0 Å². The Morgan fingerprint density at radius 3 is 2.19 bits per heavy atom. The molecule has 4 aromatic rings. The van der Waals surface area contributed by atoms with Gasteiger partial charge in [0.1, 0.15) is 23.0 Å². The minimum Gasteiger partial charge on any atom is -0.371 e. The molecule has 0 atom stereocenters. The lowest BCUT2D eigenvalue weighted by Gasteiger charge is -2.33. The highest BCUT2D eigenvalue weighted by Crippen LogP contribution is 2.39. The number of fused-ring (bicyclic) bond motifs is 1. The van der Waals surface area contributed by atoms with Gasteiger partial charge in [-0.2, -0.15) is 18.3 Å². The molecular formula is C27H24F6N4. The monoisotopic (exact) mass is 518 g/mol. The lowest BCUT2D eigenvalue weighted by molar-refractivity contribution is -0.136. The molecule has 1 saturated heterocycles. The number of rotatable bonds is 5. The standard InChI is InChI=1S/C27H24F6N4/c1-34-18-9-11-36(12-10-18)19-7-5-16(6-8-19)26-20-3-2-4-22(27(31,32)33)25(20)35-37(26)15-21-23(29)13-17(28)14-24(21)30/h2-8,13-14,18,34H,9-12,15H2,1H3. The molecule has 194 valence electrons. The van der Waals surface area contributed by atoms with Crippen LogP contribution in [0.3, 0.4) is 0 Å². The third-order valence-electron chi connectivity index (χ3n) is 6.90. The van der Waals surface area contributed by atoms with Gasteiger partial charge in [-0.15, -0.1) is 0 Å². The molecule has 2 heterocycles. The van der Waals surface area contributed by atoms with Gasteiger partial charge in [0.05, 0.1) is 17.8 Å². The first-order valence-electron chi connectivity index (χ1n) is 11.9. The molecule has 0 radical (unpaired) electrons. The van der Waals surface area contributed by atoms with Gasteiger partial charge in [0, 0.05) is 53.5 Å². The summed E-state index contributed by atoms with van der Waals surface area (Å²) in [6, 6.07) is 12.5. The zero-order valence-corrected chi connectivity index (χ0v) is 19.9. The Morgan fingerprint density at radius 1 is 0.946 bits per heavy atom. The van der Waals surface area contributed by atoms with Crippen molar-refractivity contribution in [2.75, 3.05) is 25.0 Å². The van der Waals surface area contributed by atoms with E-state index in [1.165, 1.54) is 12.1 Å². The van der Waals surface area contributed by atoms with Crippen LogP contribution in [-0.2, 0) is 12.7 Å². The molecule has 5 rings (SSSR count). The Hall–Kier alpha value is -3.53. The van der Waals surface area contributed by atoms with Crippen molar-refractivity contribution in [1.82, 2.24) is 15.1 Å². The smallest absolute Gasteiger partial charge is 0.371 e. The van der Waals surface area contributed by atoms with Crippen molar-refractivity contribution in [3.8, 4) is 11.3 Å². The van der Waals surface area contributed by atoms with Gasteiger partial charge in [-0.05, 0) is 38.1 Å². The van der Waals surface area contributed by atoms with Gasteiger partial charge in [-0.1, -0.05) is 24.3 Å². The van der Waals surface area contributed by atoms with Crippen molar-refractivity contribution in [3.63, 3.8) is 0 Å². The Labute approximate surface area is 209 Å². The number of nitrogens with one attached hydrogen (secondary N) is 1. The van der Waals surface area contributed by atoms with Crippen molar-refractivity contribution in [2.24, 2.45) is 0 Å². The highest BCUT2D eigenvalue weighted by Gasteiger charge is 2.34. The van der Waals surface area contributed by atoms with Crippen LogP contribution in [0.15, 0.2) is 54.6 Å². The molecule has 10 heteroatoms. The molecule has 4 nitrogen and oxygen atoms in total. The number of nitrogens with zero attached hydrogens (tertiary/aromatic N) is 3. The second-order valence-corrected chi connectivity index (χ2v) is 9.15. The number of anilines is 1. The van der Waals surface area contributed by atoms with E-state index in [0.29, 0.717) is 23.7 Å². The van der Waals surface area contributed by atoms with E-state index in [0.717, 1.165) is 42.4 Å². The number of halogens is 6. The predicted molar refractivity (Wildman–Crippen MR) is 130 cm³/mol. The summed E-state index contributed by atoms with van der Waals surface area (Å²) < 4.78 is 84.8. The van der Waals surface area contributed by atoms with Crippen LogP contribution in [0.2, 0.25) is 0 Å². The summed E-state index contributed by atoms with van der Waals surface area (Å²) in [5.74, 6) is -3.36. The predicted octanol–water partition coefficient (Wildman–Crippen LogP) is 6.38. The maximum absolute atomic E-state index is 14.5. The molecule has 0 amide bonds. The second kappa shape index (κ2) is 9.74. The highest BCUT2D eigenvalue weighted by atomic mass is 19.4. The van der Waals surface area contributed by atoms with Gasteiger partial charge in [0.15, 0.2) is 0 Å². The number of aromatic nitrogens is 2. The van der Waals surface area contributed by atoms with Crippen molar-refractivity contribution in [3.05, 3.63) is 83.2 Å². The summed E-state index contributed by atoms with van der Waals surface area (Å²) in [7, 11) is 1.94. The van der Waals surface area contributed by atoms with Crippen LogP contribution in [0.1, 0.15) is 24.0 Å². The Bertz CT molecular complexity index is 1400. The molecule has 0 unspecified atom stereocenters. The van der Waals surface area contributed by atoms with Crippen molar-refractivity contribution in [1.29, 1.82) is 0 Å². The molecule has 0 saturated carbocycles. The quantitative estimate of drug-likeness (QED) is 0.312. The molecule has 0 spiro atoms. The molecule has 1 aliphatic heterocycles. The zero-order valence-electron chi connectivity index (χ0n) is 19.9. The lowest BCUT2D eigenvalue weighted by atomic mass is 10.0. The summed E-state index contributed by atoms with van der Waals surface area (Å²) in [4.78, 5) is 2.23. The van der Waals surface area contributed by atoms with Crippen molar-refractivity contribution in [2.45, 2.75) is 31.6 Å². The zero-order chi connectivity index (χ0) is 26.3. The molecule has 37 heavy (non-hydrogen) atoms. The molecule has 1 aromatic heterocycles. The highest BCUT2D eigenvalue weighted by molar-refractivity contribution is 5.95. The van der Waals surface area contributed by atoms with Crippen LogP contribution in [0.5, 0.6) is 0 Å². The van der Waals surface area contributed by atoms with Crippen LogP contribution >= 0.6 is 0 Å². The Morgan fingerprint density at radius 2 is 1.59 bits per heavy atom. The fraction of sp³-hybridized carbons (Fsp3) is 0.296. The third kappa shape index (κ3) is 4.90. The Kier molecular flexibility index (Phi) is 6.61. The number of hydrogen-bond acceptors (Lipinski definition) is 3. The molecule has 1 aliphatic rings. The van der Waals surface area contributed by atoms with Gasteiger partial charge < -0.3 is 10.2 Å². The van der Waals surface area contributed by atoms with Gasteiger partial charge in [0.25, 0.3) is 0 Å². The summed E-state index contributed by atoms with van der Waals surface area (Å²) in [6.45, 7) is 1.21. The van der Waals surface area contributed by atoms with Crippen molar-refractivity contribution < 1.29 is 26.3 Å². The SMILES string of the molecule is CNC1CCN(c2ccc(-c3c4cccc(C(F)(F)F)c4nn3Cc3c(F)cc(F)cc3F)cc2)CC1. The van der Waals surface area contributed by atoms with Gasteiger partial charge in [0.2, 0.25) is 0 Å². The van der Waals surface area contributed by atoms with Crippen LogP contribution in [-0.4, -0.2) is 36.0 Å². The third-order valence-corrected chi connectivity index (χ3v) is 6.90. The molecule has 1 N–H and O–H groups in total. The first-order valence-corrected chi connectivity index (χ1v) is 11.9. The lowest BCUT2D eigenvalue weighted by Crippen LogP contribution is -2.41. The number of benzene rings is 3. The van der Waals surface area contributed by atoms with Crippen LogP contribution in [0.25, 0.3) is 22.2 Å². The fourth-order valence-corrected chi connectivity index (χ4v) is 4.93. The first kappa shape index (κ1) is 25.1.